The normalized spacial score (nSPS) is 15.5. The highest BCUT2D eigenvalue weighted by molar-refractivity contribution is 6.33. The number of esters is 1. The summed E-state index contributed by atoms with van der Waals surface area (Å²) in [6.07, 6.45) is 5.87. The molecule has 0 unspecified atom stereocenters. The van der Waals surface area contributed by atoms with Gasteiger partial charge in [0, 0.05) is 31.4 Å². The molecular formula is C20H28ClN3O4. The van der Waals surface area contributed by atoms with Crippen molar-refractivity contribution < 1.29 is 19.1 Å². The number of pyridine rings is 1. The summed E-state index contributed by atoms with van der Waals surface area (Å²) in [5.41, 5.74) is 0.218. The van der Waals surface area contributed by atoms with Gasteiger partial charge in [-0.3, -0.25) is 0 Å². The first-order chi connectivity index (χ1) is 13.2. The van der Waals surface area contributed by atoms with Crippen molar-refractivity contribution in [3.8, 4) is 0 Å². The van der Waals surface area contributed by atoms with Crippen LogP contribution in [0.1, 0.15) is 46.1 Å². The molecule has 0 spiro atoms. The van der Waals surface area contributed by atoms with E-state index in [0.29, 0.717) is 36.1 Å². The molecule has 1 aliphatic rings. The lowest BCUT2D eigenvalue weighted by molar-refractivity contribution is -0.137. The maximum Gasteiger partial charge on any atom is 0.410 e. The number of rotatable bonds is 5. The van der Waals surface area contributed by atoms with E-state index in [1.54, 1.807) is 30.2 Å². The molecule has 7 nitrogen and oxygen atoms in total. The summed E-state index contributed by atoms with van der Waals surface area (Å²) < 4.78 is 10.3. The first kappa shape index (κ1) is 22.0. The van der Waals surface area contributed by atoms with E-state index in [4.69, 9.17) is 21.1 Å². The second kappa shape index (κ2) is 9.78. The molecule has 2 heterocycles. The van der Waals surface area contributed by atoms with E-state index in [9.17, 15) is 9.59 Å². The summed E-state index contributed by atoms with van der Waals surface area (Å²) in [5, 5.41) is 3.80. The van der Waals surface area contributed by atoms with Gasteiger partial charge >= 0.3 is 12.1 Å². The maximum atomic E-state index is 12.1. The second-order valence-electron chi connectivity index (χ2n) is 7.57. The first-order valence-corrected chi connectivity index (χ1v) is 9.80. The summed E-state index contributed by atoms with van der Waals surface area (Å²) in [5.74, 6) is 0.184. The van der Waals surface area contributed by atoms with Crippen LogP contribution in [0.15, 0.2) is 18.3 Å². The average Bonchev–Trinajstić information content (AvgIpc) is 2.61. The molecule has 1 N–H and O–H groups in total. The van der Waals surface area contributed by atoms with Gasteiger partial charge in [-0.15, -0.1) is 0 Å². The molecule has 1 aromatic rings. The Kier molecular flexibility index (Phi) is 7.69. The van der Waals surface area contributed by atoms with Crippen molar-refractivity contribution in [1.82, 2.24) is 9.88 Å². The summed E-state index contributed by atoms with van der Waals surface area (Å²) in [4.78, 5) is 29.6. The number of anilines is 1. The maximum absolute atomic E-state index is 12.1. The summed E-state index contributed by atoms with van der Waals surface area (Å²) in [7, 11) is 0. The van der Waals surface area contributed by atoms with Crippen LogP contribution in [0.4, 0.5) is 10.6 Å². The van der Waals surface area contributed by atoms with Crippen molar-refractivity contribution in [2.24, 2.45) is 0 Å². The van der Waals surface area contributed by atoms with E-state index in [2.05, 4.69) is 10.3 Å². The number of hydrogen-bond acceptors (Lipinski definition) is 6. The van der Waals surface area contributed by atoms with Crippen molar-refractivity contribution in [2.45, 2.75) is 52.2 Å². The molecule has 1 aromatic heterocycles. The third-order valence-corrected chi connectivity index (χ3v) is 4.34. The van der Waals surface area contributed by atoms with E-state index in [-0.39, 0.29) is 12.1 Å². The van der Waals surface area contributed by atoms with Gasteiger partial charge in [0.05, 0.1) is 11.6 Å². The van der Waals surface area contributed by atoms with Crippen LogP contribution in [0.5, 0.6) is 0 Å². The van der Waals surface area contributed by atoms with E-state index in [0.717, 1.165) is 12.8 Å². The molecule has 1 amide bonds. The van der Waals surface area contributed by atoms with Crippen LogP contribution in [0, 0.1) is 0 Å². The Balaban J connectivity index is 1.88. The summed E-state index contributed by atoms with van der Waals surface area (Å²) in [6.45, 7) is 8.89. The van der Waals surface area contributed by atoms with Gasteiger partial charge in [-0.25, -0.2) is 14.6 Å². The number of halogens is 1. The summed E-state index contributed by atoms with van der Waals surface area (Å²) >= 11 is 6.32. The lowest BCUT2D eigenvalue weighted by Gasteiger charge is -2.34. The Morgan fingerprint density at radius 1 is 1.36 bits per heavy atom. The van der Waals surface area contributed by atoms with Crippen LogP contribution in [-0.4, -0.2) is 53.3 Å². The van der Waals surface area contributed by atoms with Crippen LogP contribution in [0.3, 0.4) is 0 Å². The Morgan fingerprint density at radius 2 is 2.04 bits per heavy atom. The molecule has 1 aliphatic heterocycles. The Bertz CT molecular complexity index is 723. The fourth-order valence-electron chi connectivity index (χ4n) is 2.73. The number of carbonyl (C=O) groups excluding carboxylic acids is 2. The highest BCUT2D eigenvalue weighted by Crippen LogP contribution is 2.24. The number of carbonyl (C=O) groups is 2. The van der Waals surface area contributed by atoms with E-state index in [1.165, 1.54) is 6.08 Å². The zero-order valence-electron chi connectivity index (χ0n) is 16.8. The zero-order chi connectivity index (χ0) is 20.7. The smallest absolute Gasteiger partial charge is 0.410 e. The molecule has 28 heavy (non-hydrogen) atoms. The molecule has 0 saturated carbocycles. The minimum atomic E-state index is -0.493. The predicted octanol–water partition coefficient (Wildman–Crippen LogP) is 4.12. The first-order valence-electron chi connectivity index (χ1n) is 9.43. The quantitative estimate of drug-likeness (QED) is 0.581. The fraction of sp³-hybridized carbons (Fsp3) is 0.550. The number of nitrogens with one attached hydrogen (secondary N) is 1. The molecule has 0 aliphatic carbocycles. The van der Waals surface area contributed by atoms with Crippen LogP contribution >= 0.6 is 11.6 Å². The monoisotopic (exact) mass is 409 g/mol. The zero-order valence-corrected chi connectivity index (χ0v) is 17.6. The van der Waals surface area contributed by atoms with Gasteiger partial charge in [-0.05, 0) is 58.2 Å². The molecule has 0 aromatic carbocycles. The number of likely N-dealkylation sites (tertiary alicyclic amines) is 1. The van der Waals surface area contributed by atoms with Gasteiger partial charge in [0.25, 0.3) is 0 Å². The molecule has 154 valence electrons. The molecule has 0 bridgehead atoms. The average molecular weight is 410 g/mol. The van der Waals surface area contributed by atoms with Crippen LogP contribution in [0.25, 0.3) is 6.08 Å². The van der Waals surface area contributed by atoms with E-state index >= 15 is 0 Å². The number of hydrogen-bond donors (Lipinski definition) is 1. The largest absolute Gasteiger partial charge is 0.463 e. The standard InChI is InChI=1S/C20H28ClN3O4/c1-5-27-17(25)7-6-14-12-16(21)18(22-13-14)23-15-8-10-24(11-9-15)19(26)28-20(2,3)4/h6-7,12-13,15H,5,8-11H2,1-4H3,(H,22,23)/b7-6+. The molecule has 1 saturated heterocycles. The number of nitrogens with zero attached hydrogens (tertiary/aromatic N) is 2. The van der Waals surface area contributed by atoms with Crippen molar-refractivity contribution >= 4 is 35.6 Å². The lowest BCUT2D eigenvalue weighted by atomic mass is 10.1. The minimum absolute atomic E-state index is 0.171. The van der Waals surface area contributed by atoms with Gasteiger partial charge < -0.3 is 19.7 Å². The van der Waals surface area contributed by atoms with Crippen LogP contribution in [0.2, 0.25) is 5.02 Å². The molecule has 0 atom stereocenters. The van der Waals surface area contributed by atoms with E-state index in [1.807, 2.05) is 20.8 Å². The van der Waals surface area contributed by atoms with Gasteiger partial charge in [0.15, 0.2) is 0 Å². The van der Waals surface area contributed by atoms with E-state index < -0.39 is 11.6 Å². The number of aromatic nitrogens is 1. The van der Waals surface area contributed by atoms with Crippen molar-refractivity contribution in [3.05, 3.63) is 28.9 Å². The Hall–Kier alpha value is -2.28. The van der Waals surface area contributed by atoms with Crippen molar-refractivity contribution in [3.63, 3.8) is 0 Å². The Labute approximate surface area is 171 Å². The van der Waals surface area contributed by atoms with Crippen LogP contribution in [-0.2, 0) is 14.3 Å². The van der Waals surface area contributed by atoms with Crippen molar-refractivity contribution in [1.29, 1.82) is 0 Å². The molecule has 0 radical (unpaired) electrons. The fourth-order valence-corrected chi connectivity index (χ4v) is 2.96. The van der Waals surface area contributed by atoms with Gasteiger partial charge in [-0.1, -0.05) is 11.6 Å². The minimum Gasteiger partial charge on any atom is -0.463 e. The number of piperidine rings is 1. The summed E-state index contributed by atoms with van der Waals surface area (Å²) in [6, 6.07) is 1.91. The second-order valence-corrected chi connectivity index (χ2v) is 7.98. The third-order valence-electron chi connectivity index (χ3n) is 4.05. The molecule has 1 fully saturated rings. The predicted molar refractivity (Wildman–Crippen MR) is 109 cm³/mol. The number of ether oxygens (including phenoxy) is 2. The molecule has 2 rings (SSSR count). The third kappa shape index (κ3) is 7.03. The number of amides is 1. The highest BCUT2D eigenvalue weighted by atomic mass is 35.5. The van der Waals surface area contributed by atoms with Crippen molar-refractivity contribution in [2.75, 3.05) is 25.0 Å². The topological polar surface area (TPSA) is 80.8 Å². The Morgan fingerprint density at radius 3 is 2.61 bits per heavy atom. The lowest BCUT2D eigenvalue weighted by Crippen LogP contribution is -2.44. The molecular weight excluding hydrogens is 382 g/mol. The van der Waals surface area contributed by atoms with Gasteiger partial charge in [0.1, 0.15) is 11.4 Å². The SMILES string of the molecule is CCOC(=O)/C=C/c1cnc(NC2CCN(C(=O)OC(C)(C)C)CC2)c(Cl)c1. The highest BCUT2D eigenvalue weighted by Gasteiger charge is 2.27. The van der Waals surface area contributed by atoms with Gasteiger partial charge in [0.2, 0.25) is 0 Å². The molecule has 8 heteroatoms. The van der Waals surface area contributed by atoms with Crippen LogP contribution < -0.4 is 5.32 Å². The van der Waals surface area contributed by atoms with Gasteiger partial charge in [-0.2, -0.15) is 0 Å².